The van der Waals surface area contributed by atoms with Crippen molar-refractivity contribution in [1.29, 1.82) is 0 Å². The van der Waals surface area contributed by atoms with Crippen molar-refractivity contribution in [3.63, 3.8) is 0 Å². The predicted molar refractivity (Wildman–Crippen MR) is 67.4 cm³/mol. The summed E-state index contributed by atoms with van der Waals surface area (Å²) in [5.41, 5.74) is 4.71. The molecule has 0 aliphatic heterocycles. The van der Waals surface area contributed by atoms with E-state index in [1.54, 1.807) is 0 Å². The van der Waals surface area contributed by atoms with Crippen LogP contribution < -0.4 is 0 Å². The first-order valence-corrected chi connectivity index (χ1v) is 6.13. The highest BCUT2D eigenvalue weighted by molar-refractivity contribution is 5.39. The molecule has 0 amide bonds. The van der Waals surface area contributed by atoms with E-state index in [9.17, 15) is 5.11 Å². The highest BCUT2D eigenvalue weighted by Crippen LogP contribution is 2.32. The van der Waals surface area contributed by atoms with Gasteiger partial charge in [0.2, 0.25) is 0 Å². The number of rotatable bonds is 2. The van der Waals surface area contributed by atoms with Gasteiger partial charge in [0.1, 0.15) is 6.10 Å². The number of hydrogen-bond donors (Lipinski definition) is 1. The molecular weight excluding hydrogens is 196 g/mol. The maximum atomic E-state index is 10.4. The highest BCUT2D eigenvalue weighted by atomic mass is 16.3. The minimum atomic E-state index is -0.388. The summed E-state index contributed by atoms with van der Waals surface area (Å²) in [5, 5.41) is 10.4. The van der Waals surface area contributed by atoms with E-state index >= 15 is 0 Å². The first-order valence-electron chi connectivity index (χ1n) is 6.13. The van der Waals surface area contributed by atoms with Crippen molar-refractivity contribution in [3.8, 4) is 0 Å². The zero-order valence-electron chi connectivity index (χ0n) is 10.2. The molecule has 0 bridgehead atoms. The average Bonchev–Trinajstić information content (AvgIpc) is 2.30. The van der Waals surface area contributed by atoms with E-state index in [0.29, 0.717) is 0 Å². The fraction of sp³-hybridized carbons (Fsp3) is 0.467. The molecule has 1 aliphatic rings. The van der Waals surface area contributed by atoms with Crippen LogP contribution in [0.3, 0.4) is 0 Å². The Hall–Kier alpha value is -1.08. The topological polar surface area (TPSA) is 20.2 Å². The molecule has 0 aromatic heterocycles. The van der Waals surface area contributed by atoms with Gasteiger partial charge in [0.15, 0.2) is 0 Å². The Morgan fingerprint density at radius 3 is 2.38 bits per heavy atom. The number of allylic oxidation sites excluding steroid dienone is 1. The molecule has 0 heterocycles. The van der Waals surface area contributed by atoms with Crippen LogP contribution in [-0.2, 0) is 0 Å². The summed E-state index contributed by atoms with van der Waals surface area (Å²) in [6.07, 6.45) is 6.49. The zero-order valence-corrected chi connectivity index (χ0v) is 10.2. The van der Waals surface area contributed by atoms with Gasteiger partial charge in [0.25, 0.3) is 0 Å². The van der Waals surface area contributed by atoms with Gasteiger partial charge in [-0.1, -0.05) is 24.3 Å². The lowest BCUT2D eigenvalue weighted by molar-refractivity contribution is 0.207. The van der Waals surface area contributed by atoms with Crippen LogP contribution in [0.5, 0.6) is 0 Å². The Bertz CT molecular complexity index is 384. The second kappa shape index (κ2) is 4.84. The molecule has 16 heavy (non-hydrogen) atoms. The summed E-state index contributed by atoms with van der Waals surface area (Å²) in [6, 6.07) is 6.21. The van der Waals surface area contributed by atoms with Crippen molar-refractivity contribution < 1.29 is 5.11 Å². The lowest BCUT2D eigenvalue weighted by Crippen LogP contribution is -2.08. The van der Waals surface area contributed by atoms with Crippen molar-refractivity contribution in [1.82, 2.24) is 0 Å². The second-order valence-corrected chi connectivity index (χ2v) is 4.73. The number of aliphatic hydroxyl groups excluding tert-OH is 1. The van der Waals surface area contributed by atoms with Crippen LogP contribution in [0.4, 0.5) is 0 Å². The molecule has 86 valence electrons. The fourth-order valence-electron chi connectivity index (χ4n) is 2.56. The van der Waals surface area contributed by atoms with Crippen LogP contribution in [0, 0.1) is 13.8 Å². The monoisotopic (exact) mass is 216 g/mol. The molecule has 0 saturated heterocycles. The number of aryl methyl sites for hydroxylation is 2. The molecule has 0 spiro atoms. The van der Waals surface area contributed by atoms with Crippen molar-refractivity contribution in [3.05, 3.63) is 46.5 Å². The Morgan fingerprint density at radius 1 is 1.12 bits per heavy atom. The maximum Gasteiger partial charge on any atom is 0.101 e. The van der Waals surface area contributed by atoms with Crippen LogP contribution in [0.1, 0.15) is 48.5 Å². The Kier molecular flexibility index (Phi) is 3.45. The maximum absolute atomic E-state index is 10.4. The minimum absolute atomic E-state index is 0.388. The quantitative estimate of drug-likeness (QED) is 0.745. The van der Waals surface area contributed by atoms with Crippen LogP contribution >= 0.6 is 0 Å². The van der Waals surface area contributed by atoms with Gasteiger partial charge in [-0.3, -0.25) is 0 Å². The van der Waals surface area contributed by atoms with E-state index in [4.69, 9.17) is 0 Å². The number of aliphatic hydroxyl groups is 1. The van der Waals surface area contributed by atoms with Crippen molar-refractivity contribution in [2.24, 2.45) is 0 Å². The van der Waals surface area contributed by atoms with Gasteiger partial charge in [0.05, 0.1) is 0 Å². The Morgan fingerprint density at radius 2 is 1.81 bits per heavy atom. The van der Waals surface area contributed by atoms with Crippen LogP contribution in [0.15, 0.2) is 29.8 Å². The third-order valence-electron chi connectivity index (χ3n) is 3.49. The third-order valence-corrected chi connectivity index (χ3v) is 3.49. The summed E-state index contributed by atoms with van der Waals surface area (Å²) >= 11 is 0. The van der Waals surface area contributed by atoms with E-state index < -0.39 is 0 Å². The third kappa shape index (κ3) is 2.19. The molecule has 1 aliphatic carbocycles. The molecule has 1 atom stereocenters. The molecule has 1 heteroatoms. The number of benzene rings is 1. The van der Waals surface area contributed by atoms with Crippen molar-refractivity contribution in [2.75, 3.05) is 0 Å². The molecule has 0 saturated carbocycles. The SMILES string of the molecule is Cc1cccc(C)c1C(O)C1=CCCCC1. The van der Waals surface area contributed by atoms with Gasteiger partial charge in [-0.05, 0) is 61.8 Å². The summed E-state index contributed by atoms with van der Waals surface area (Å²) in [7, 11) is 0. The van der Waals surface area contributed by atoms with Gasteiger partial charge >= 0.3 is 0 Å². The molecule has 2 rings (SSSR count). The first kappa shape index (κ1) is 11.4. The van der Waals surface area contributed by atoms with Gasteiger partial charge in [-0.25, -0.2) is 0 Å². The molecule has 1 N–H and O–H groups in total. The smallest absolute Gasteiger partial charge is 0.101 e. The summed E-state index contributed by atoms with van der Waals surface area (Å²) < 4.78 is 0. The predicted octanol–water partition coefficient (Wildman–Crippen LogP) is 3.84. The van der Waals surface area contributed by atoms with E-state index in [1.165, 1.54) is 29.5 Å². The minimum Gasteiger partial charge on any atom is -0.384 e. The largest absolute Gasteiger partial charge is 0.384 e. The summed E-state index contributed by atoms with van der Waals surface area (Å²) in [4.78, 5) is 0. The first-order chi connectivity index (χ1) is 7.70. The van der Waals surface area contributed by atoms with E-state index in [-0.39, 0.29) is 6.10 Å². The van der Waals surface area contributed by atoms with Crippen LogP contribution in [-0.4, -0.2) is 5.11 Å². The standard InChI is InChI=1S/C15H20O/c1-11-7-6-8-12(2)14(11)15(16)13-9-4-3-5-10-13/h6-9,15-16H,3-5,10H2,1-2H3. The van der Waals surface area contributed by atoms with E-state index in [0.717, 1.165) is 18.4 Å². The highest BCUT2D eigenvalue weighted by Gasteiger charge is 2.18. The van der Waals surface area contributed by atoms with Crippen LogP contribution in [0.25, 0.3) is 0 Å². The normalized spacial score (nSPS) is 18.1. The lowest BCUT2D eigenvalue weighted by atomic mass is 9.88. The van der Waals surface area contributed by atoms with E-state index in [1.807, 2.05) is 0 Å². The Balaban J connectivity index is 2.33. The van der Waals surface area contributed by atoms with Crippen molar-refractivity contribution in [2.45, 2.75) is 45.6 Å². The molecule has 1 aromatic rings. The lowest BCUT2D eigenvalue weighted by Gasteiger charge is -2.22. The Labute approximate surface area is 97.8 Å². The van der Waals surface area contributed by atoms with E-state index in [2.05, 4.69) is 38.1 Å². The van der Waals surface area contributed by atoms with Crippen molar-refractivity contribution >= 4 is 0 Å². The molecule has 0 fully saturated rings. The summed E-state index contributed by atoms with van der Waals surface area (Å²) in [6.45, 7) is 4.16. The van der Waals surface area contributed by atoms with Gasteiger partial charge in [-0.2, -0.15) is 0 Å². The van der Waals surface area contributed by atoms with Gasteiger partial charge in [-0.15, -0.1) is 0 Å². The average molecular weight is 216 g/mol. The summed E-state index contributed by atoms with van der Waals surface area (Å²) in [5.74, 6) is 0. The number of hydrogen-bond acceptors (Lipinski definition) is 1. The molecule has 1 aromatic carbocycles. The molecule has 1 nitrogen and oxygen atoms in total. The molecule has 1 unspecified atom stereocenters. The molecule has 0 radical (unpaired) electrons. The fourth-order valence-corrected chi connectivity index (χ4v) is 2.56. The van der Waals surface area contributed by atoms with Crippen LogP contribution in [0.2, 0.25) is 0 Å². The van der Waals surface area contributed by atoms with Gasteiger partial charge in [0, 0.05) is 0 Å². The second-order valence-electron chi connectivity index (χ2n) is 4.73. The molecular formula is C15H20O. The zero-order chi connectivity index (χ0) is 11.5. The van der Waals surface area contributed by atoms with Gasteiger partial charge < -0.3 is 5.11 Å².